The van der Waals surface area contributed by atoms with Gasteiger partial charge in [0.25, 0.3) is 0 Å². The number of tetrazole rings is 1. The Labute approximate surface area is 169 Å². The third-order valence-electron chi connectivity index (χ3n) is 4.51. The zero-order valence-electron chi connectivity index (χ0n) is 16.0. The van der Waals surface area contributed by atoms with E-state index in [9.17, 15) is 8.78 Å². The summed E-state index contributed by atoms with van der Waals surface area (Å²) in [5.41, 5.74) is 7.72. The molecule has 0 amide bonds. The maximum absolute atomic E-state index is 14.3. The molecular weight excluding hydrogens is 394 g/mol. The van der Waals surface area contributed by atoms with E-state index in [0.717, 1.165) is 16.3 Å². The number of hydrogen-bond donors (Lipinski definition) is 1. The van der Waals surface area contributed by atoms with E-state index in [2.05, 4.69) is 20.5 Å². The lowest BCUT2D eigenvalue weighted by Gasteiger charge is -2.12. The van der Waals surface area contributed by atoms with Gasteiger partial charge in [-0.15, -0.1) is 5.10 Å². The number of aromatic nitrogens is 5. The molecule has 2 aromatic carbocycles. The van der Waals surface area contributed by atoms with Crippen molar-refractivity contribution in [2.45, 2.75) is 0 Å². The third-order valence-corrected chi connectivity index (χ3v) is 4.51. The molecule has 8 nitrogen and oxygen atoms in total. The second-order valence-electron chi connectivity index (χ2n) is 6.21. The number of pyridine rings is 1. The maximum Gasteiger partial charge on any atom is 0.190 e. The lowest BCUT2D eigenvalue weighted by molar-refractivity contribution is 0.355. The highest BCUT2D eigenvalue weighted by Crippen LogP contribution is 2.34. The van der Waals surface area contributed by atoms with E-state index in [4.69, 9.17) is 15.2 Å². The summed E-state index contributed by atoms with van der Waals surface area (Å²) in [7, 11) is 3.09. The fraction of sp³-hybridized carbons (Fsp3) is 0.100. The van der Waals surface area contributed by atoms with Crippen molar-refractivity contribution in [2.75, 3.05) is 20.0 Å². The summed E-state index contributed by atoms with van der Waals surface area (Å²) in [6, 6.07) is 10.8. The SMILES string of the molecule is COc1ccc(-c2cnc(N)c(-c3nnnn3-c3cccc(F)c3F)c2)cc1OC. The number of ether oxygens (including phenoxy) is 2. The Bertz CT molecular complexity index is 1230. The Kier molecular flexibility index (Phi) is 4.97. The van der Waals surface area contributed by atoms with Gasteiger partial charge < -0.3 is 15.2 Å². The third kappa shape index (κ3) is 3.28. The average Bonchev–Trinajstić information content (AvgIpc) is 3.25. The van der Waals surface area contributed by atoms with E-state index in [-0.39, 0.29) is 17.3 Å². The fourth-order valence-electron chi connectivity index (χ4n) is 3.00. The first-order chi connectivity index (χ1) is 14.5. The second kappa shape index (κ2) is 7.74. The molecule has 152 valence electrons. The minimum atomic E-state index is -1.08. The minimum Gasteiger partial charge on any atom is -0.493 e. The summed E-state index contributed by atoms with van der Waals surface area (Å²) >= 11 is 0. The molecule has 2 N–H and O–H groups in total. The molecule has 0 aliphatic carbocycles. The van der Waals surface area contributed by atoms with Crippen LogP contribution in [-0.4, -0.2) is 39.4 Å². The summed E-state index contributed by atoms with van der Waals surface area (Å²) < 4.78 is 39.7. The molecule has 0 atom stereocenters. The van der Waals surface area contributed by atoms with Crippen LogP contribution in [0.1, 0.15) is 0 Å². The van der Waals surface area contributed by atoms with Gasteiger partial charge in [0.15, 0.2) is 29.0 Å². The van der Waals surface area contributed by atoms with Crippen molar-refractivity contribution in [3.63, 3.8) is 0 Å². The number of benzene rings is 2. The molecule has 0 aliphatic heterocycles. The van der Waals surface area contributed by atoms with E-state index < -0.39 is 11.6 Å². The summed E-state index contributed by atoms with van der Waals surface area (Å²) in [5.74, 6) is -0.720. The van der Waals surface area contributed by atoms with Gasteiger partial charge in [-0.25, -0.2) is 13.8 Å². The van der Waals surface area contributed by atoms with Gasteiger partial charge in [0, 0.05) is 11.8 Å². The van der Waals surface area contributed by atoms with E-state index in [1.54, 1.807) is 31.5 Å². The van der Waals surface area contributed by atoms with Gasteiger partial charge in [0.2, 0.25) is 0 Å². The van der Waals surface area contributed by atoms with Crippen LogP contribution >= 0.6 is 0 Å². The topological polar surface area (TPSA) is 101 Å². The van der Waals surface area contributed by atoms with Gasteiger partial charge >= 0.3 is 0 Å². The first-order valence-electron chi connectivity index (χ1n) is 8.74. The number of nitrogens with two attached hydrogens (primary N) is 1. The molecule has 0 radical (unpaired) electrons. The number of halogens is 2. The van der Waals surface area contributed by atoms with Crippen LogP contribution in [0.15, 0.2) is 48.7 Å². The molecule has 0 aliphatic rings. The molecule has 0 unspecified atom stereocenters. The monoisotopic (exact) mass is 410 g/mol. The quantitative estimate of drug-likeness (QED) is 0.539. The number of nitrogen functional groups attached to an aromatic ring is 1. The lowest BCUT2D eigenvalue weighted by Crippen LogP contribution is -2.06. The predicted octanol–water partition coefficient (Wildman–Crippen LogP) is 3.27. The molecule has 2 heterocycles. The van der Waals surface area contributed by atoms with Gasteiger partial charge in [-0.2, -0.15) is 4.68 Å². The molecule has 10 heteroatoms. The van der Waals surface area contributed by atoms with Gasteiger partial charge in [0.1, 0.15) is 11.5 Å². The van der Waals surface area contributed by atoms with Crippen molar-refractivity contribution in [3.8, 4) is 39.7 Å². The second-order valence-corrected chi connectivity index (χ2v) is 6.21. The Morgan fingerprint density at radius 2 is 1.77 bits per heavy atom. The summed E-state index contributed by atoms with van der Waals surface area (Å²) in [6.45, 7) is 0. The normalized spacial score (nSPS) is 10.8. The van der Waals surface area contributed by atoms with Crippen LogP contribution in [0.2, 0.25) is 0 Å². The summed E-state index contributed by atoms with van der Waals surface area (Å²) in [4.78, 5) is 4.21. The number of rotatable bonds is 5. The van der Waals surface area contributed by atoms with Crippen molar-refractivity contribution in [1.82, 2.24) is 25.2 Å². The van der Waals surface area contributed by atoms with Gasteiger partial charge in [-0.3, -0.25) is 0 Å². The number of hydrogen-bond acceptors (Lipinski definition) is 7. The predicted molar refractivity (Wildman–Crippen MR) is 105 cm³/mol. The Hall–Kier alpha value is -4.08. The smallest absolute Gasteiger partial charge is 0.190 e. The molecule has 30 heavy (non-hydrogen) atoms. The zero-order valence-corrected chi connectivity index (χ0v) is 16.0. The summed E-state index contributed by atoms with van der Waals surface area (Å²) in [6.07, 6.45) is 1.58. The van der Waals surface area contributed by atoms with Crippen LogP contribution in [0.3, 0.4) is 0 Å². The van der Waals surface area contributed by atoms with E-state index in [1.807, 2.05) is 6.07 Å². The lowest BCUT2D eigenvalue weighted by atomic mass is 10.0. The first-order valence-corrected chi connectivity index (χ1v) is 8.74. The fourth-order valence-corrected chi connectivity index (χ4v) is 3.00. The van der Waals surface area contributed by atoms with Crippen LogP contribution in [-0.2, 0) is 0 Å². The summed E-state index contributed by atoms with van der Waals surface area (Å²) in [5, 5.41) is 11.3. The van der Waals surface area contributed by atoms with Gasteiger partial charge in [-0.1, -0.05) is 12.1 Å². The van der Waals surface area contributed by atoms with Crippen molar-refractivity contribution in [3.05, 3.63) is 60.3 Å². The average molecular weight is 410 g/mol. The van der Waals surface area contributed by atoms with E-state index >= 15 is 0 Å². The highest BCUT2D eigenvalue weighted by Gasteiger charge is 2.19. The van der Waals surface area contributed by atoms with Gasteiger partial charge in [-0.05, 0) is 46.3 Å². The molecule has 2 aromatic heterocycles. The molecule has 0 fully saturated rings. The van der Waals surface area contributed by atoms with Crippen LogP contribution in [0.5, 0.6) is 11.5 Å². The zero-order chi connectivity index (χ0) is 21.3. The van der Waals surface area contributed by atoms with Gasteiger partial charge in [0.05, 0.1) is 19.8 Å². The minimum absolute atomic E-state index is 0.117. The van der Waals surface area contributed by atoms with E-state index in [1.165, 1.54) is 19.2 Å². The number of methoxy groups -OCH3 is 2. The molecule has 4 aromatic rings. The molecular formula is C20H16F2N6O2. The standard InChI is InChI=1S/C20H16F2N6O2/c1-29-16-7-6-11(9-17(16)30-2)12-8-13(19(23)24-10-12)20-25-26-27-28(20)15-5-3-4-14(21)18(15)22/h3-10H,1-2H3,(H2,23,24). The Balaban J connectivity index is 1.84. The maximum atomic E-state index is 14.3. The molecule has 0 bridgehead atoms. The van der Waals surface area contributed by atoms with Crippen LogP contribution in [0.25, 0.3) is 28.2 Å². The highest BCUT2D eigenvalue weighted by molar-refractivity contribution is 5.77. The molecule has 0 saturated heterocycles. The molecule has 0 spiro atoms. The van der Waals surface area contributed by atoms with Crippen molar-refractivity contribution >= 4 is 5.82 Å². The van der Waals surface area contributed by atoms with E-state index in [0.29, 0.717) is 22.6 Å². The van der Waals surface area contributed by atoms with Crippen molar-refractivity contribution in [1.29, 1.82) is 0 Å². The van der Waals surface area contributed by atoms with Crippen LogP contribution in [0.4, 0.5) is 14.6 Å². The van der Waals surface area contributed by atoms with Crippen LogP contribution < -0.4 is 15.2 Å². The van der Waals surface area contributed by atoms with Crippen molar-refractivity contribution in [2.24, 2.45) is 0 Å². The van der Waals surface area contributed by atoms with Crippen molar-refractivity contribution < 1.29 is 18.3 Å². The first kappa shape index (κ1) is 19.2. The highest BCUT2D eigenvalue weighted by atomic mass is 19.2. The Morgan fingerprint density at radius 1 is 0.967 bits per heavy atom. The number of anilines is 1. The molecule has 0 saturated carbocycles. The molecule has 4 rings (SSSR count). The largest absolute Gasteiger partial charge is 0.493 e. The number of nitrogens with zero attached hydrogens (tertiary/aromatic N) is 5. The Morgan fingerprint density at radius 3 is 2.53 bits per heavy atom. The van der Waals surface area contributed by atoms with Crippen LogP contribution in [0, 0.1) is 11.6 Å².